The minimum atomic E-state index is 0.755. The Labute approximate surface area is 107 Å². The quantitative estimate of drug-likeness (QED) is 0.402. The Balaban J connectivity index is 0. The van der Waals surface area contributed by atoms with E-state index in [1.165, 1.54) is 12.8 Å². The van der Waals surface area contributed by atoms with Crippen LogP contribution in [0, 0.1) is 5.92 Å². The second-order valence-corrected chi connectivity index (χ2v) is 4.72. The highest BCUT2D eigenvalue weighted by molar-refractivity contribution is 5.45. The van der Waals surface area contributed by atoms with E-state index in [0.717, 1.165) is 44.9 Å². The van der Waals surface area contributed by atoms with Gasteiger partial charge in [-0.05, 0) is 32.4 Å². The van der Waals surface area contributed by atoms with Gasteiger partial charge in [0.1, 0.15) is 0 Å². The molecule has 0 aromatic carbocycles. The van der Waals surface area contributed by atoms with Crippen molar-refractivity contribution in [3.8, 4) is 0 Å². The minimum Gasteiger partial charge on any atom is -0.359 e. The van der Waals surface area contributed by atoms with Gasteiger partial charge in [0.15, 0.2) is 0 Å². The Kier molecular flexibility index (Phi) is 19.6. The maximum atomic E-state index is 9.88. The van der Waals surface area contributed by atoms with E-state index in [2.05, 4.69) is 36.7 Å². The lowest BCUT2D eigenvalue weighted by Crippen LogP contribution is -2.25. The van der Waals surface area contributed by atoms with E-state index in [-0.39, 0.29) is 0 Å². The monoisotopic (exact) mass is 245 g/mol. The van der Waals surface area contributed by atoms with Gasteiger partial charge in [-0.25, -0.2) is 0 Å². The van der Waals surface area contributed by atoms with Crippen molar-refractivity contribution in [2.24, 2.45) is 5.92 Å². The van der Waals surface area contributed by atoms with Crippen molar-refractivity contribution in [3.63, 3.8) is 0 Å². The van der Waals surface area contributed by atoms with E-state index < -0.39 is 0 Å². The number of carbonyl (C=O) groups is 1. The van der Waals surface area contributed by atoms with E-state index in [1.807, 2.05) is 7.05 Å². The summed E-state index contributed by atoms with van der Waals surface area (Å²) >= 11 is 0. The SMILES string of the molecule is CC(C)C.CNCCNCCCCCNC=O. The van der Waals surface area contributed by atoms with Gasteiger partial charge in [0.25, 0.3) is 0 Å². The van der Waals surface area contributed by atoms with Gasteiger partial charge < -0.3 is 16.0 Å². The van der Waals surface area contributed by atoms with Crippen LogP contribution in [0.1, 0.15) is 40.0 Å². The topological polar surface area (TPSA) is 53.2 Å². The summed E-state index contributed by atoms with van der Waals surface area (Å²) in [7, 11) is 1.95. The zero-order chi connectivity index (χ0) is 13.4. The maximum absolute atomic E-state index is 9.88. The number of hydrogen-bond acceptors (Lipinski definition) is 3. The summed E-state index contributed by atoms with van der Waals surface area (Å²) in [6.07, 6.45) is 4.19. The van der Waals surface area contributed by atoms with Crippen LogP contribution in [0.2, 0.25) is 0 Å². The van der Waals surface area contributed by atoms with E-state index in [9.17, 15) is 4.79 Å². The lowest BCUT2D eigenvalue weighted by atomic mass is 10.2. The van der Waals surface area contributed by atoms with E-state index in [1.54, 1.807) is 0 Å². The maximum Gasteiger partial charge on any atom is 0.207 e. The molecule has 1 amide bonds. The van der Waals surface area contributed by atoms with E-state index >= 15 is 0 Å². The highest BCUT2D eigenvalue weighted by Crippen LogP contribution is 1.91. The summed E-state index contributed by atoms with van der Waals surface area (Å²) in [6.45, 7) is 10.4. The molecule has 0 aromatic heterocycles. The molecule has 0 bridgehead atoms. The molecule has 0 atom stereocenters. The van der Waals surface area contributed by atoms with Crippen LogP contribution in [0.3, 0.4) is 0 Å². The Morgan fingerprint density at radius 3 is 2.06 bits per heavy atom. The Bertz CT molecular complexity index is 138. The molecule has 4 nitrogen and oxygen atoms in total. The van der Waals surface area contributed by atoms with Gasteiger partial charge >= 0.3 is 0 Å². The molecular weight excluding hydrogens is 214 g/mol. The van der Waals surface area contributed by atoms with Crippen LogP contribution in [0.5, 0.6) is 0 Å². The van der Waals surface area contributed by atoms with Crippen molar-refractivity contribution in [2.45, 2.75) is 40.0 Å². The van der Waals surface area contributed by atoms with Gasteiger partial charge in [-0.1, -0.05) is 27.2 Å². The molecule has 104 valence electrons. The second-order valence-electron chi connectivity index (χ2n) is 4.72. The summed E-state index contributed by atoms with van der Waals surface area (Å²) in [6, 6.07) is 0. The minimum absolute atomic E-state index is 0.755. The van der Waals surface area contributed by atoms with Crippen LogP contribution in [0.15, 0.2) is 0 Å². The fraction of sp³-hybridized carbons (Fsp3) is 0.923. The van der Waals surface area contributed by atoms with Crippen molar-refractivity contribution in [3.05, 3.63) is 0 Å². The number of unbranched alkanes of at least 4 members (excludes halogenated alkanes) is 2. The molecule has 0 heterocycles. The first kappa shape index (κ1) is 18.7. The lowest BCUT2D eigenvalue weighted by molar-refractivity contribution is -0.109. The average molecular weight is 245 g/mol. The van der Waals surface area contributed by atoms with Gasteiger partial charge in [0.05, 0.1) is 0 Å². The van der Waals surface area contributed by atoms with Crippen LogP contribution < -0.4 is 16.0 Å². The number of amides is 1. The lowest BCUT2D eigenvalue weighted by Gasteiger charge is -2.03. The number of nitrogens with one attached hydrogen (secondary N) is 3. The summed E-state index contributed by atoms with van der Waals surface area (Å²) in [5, 5.41) is 9.05. The van der Waals surface area contributed by atoms with Crippen LogP contribution in [0.4, 0.5) is 0 Å². The third-order valence-corrected chi connectivity index (χ3v) is 1.81. The molecule has 0 aliphatic carbocycles. The van der Waals surface area contributed by atoms with E-state index in [4.69, 9.17) is 0 Å². The number of rotatable bonds is 10. The fourth-order valence-corrected chi connectivity index (χ4v) is 1.05. The van der Waals surface area contributed by atoms with Gasteiger partial charge in [-0.15, -0.1) is 0 Å². The smallest absolute Gasteiger partial charge is 0.207 e. The van der Waals surface area contributed by atoms with Crippen molar-refractivity contribution in [1.82, 2.24) is 16.0 Å². The van der Waals surface area contributed by atoms with Crippen molar-refractivity contribution < 1.29 is 4.79 Å². The normalized spacial score (nSPS) is 9.71. The largest absolute Gasteiger partial charge is 0.359 e. The van der Waals surface area contributed by atoms with E-state index in [0.29, 0.717) is 0 Å². The number of likely N-dealkylation sites (N-methyl/N-ethyl adjacent to an activating group) is 1. The van der Waals surface area contributed by atoms with Crippen LogP contribution >= 0.6 is 0 Å². The zero-order valence-corrected chi connectivity index (χ0v) is 12.0. The summed E-state index contributed by atoms with van der Waals surface area (Å²) in [5.74, 6) is 0.833. The molecule has 3 N–H and O–H groups in total. The first-order chi connectivity index (χ1) is 8.15. The van der Waals surface area contributed by atoms with Crippen molar-refractivity contribution >= 4 is 6.41 Å². The number of hydrogen-bond donors (Lipinski definition) is 3. The molecule has 0 spiro atoms. The van der Waals surface area contributed by atoms with Crippen LogP contribution in [-0.4, -0.2) is 39.6 Å². The highest BCUT2D eigenvalue weighted by Gasteiger charge is 1.88. The van der Waals surface area contributed by atoms with Crippen LogP contribution in [-0.2, 0) is 4.79 Å². The van der Waals surface area contributed by atoms with Gasteiger partial charge in [0, 0.05) is 19.6 Å². The molecule has 0 fully saturated rings. The summed E-state index contributed by atoms with van der Waals surface area (Å²) in [4.78, 5) is 9.88. The molecule has 4 heteroatoms. The van der Waals surface area contributed by atoms with Crippen molar-refractivity contribution in [2.75, 3.05) is 33.2 Å². The standard InChI is InChI=1S/C9H21N3O.C4H10/c1-10-7-8-11-5-3-2-4-6-12-9-13;1-4(2)3/h9-11H,2-8H2,1H3,(H,12,13);4H,1-3H3. The van der Waals surface area contributed by atoms with Crippen molar-refractivity contribution in [1.29, 1.82) is 0 Å². The molecule has 0 saturated heterocycles. The zero-order valence-electron chi connectivity index (χ0n) is 12.0. The highest BCUT2D eigenvalue weighted by atomic mass is 16.1. The van der Waals surface area contributed by atoms with Gasteiger partial charge in [0.2, 0.25) is 6.41 Å². The summed E-state index contributed by atoms with van der Waals surface area (Å²) < 4.78 is 0. The molecule has 0 radical (unpaired) electrons. The van der Waals surface area contributed by atoms with Gasteiger partial charge in [-0.3, -0.25) is 4.79 Å². The van der Waals surface area contributed by atoms with Crippen LogP contribution in [0.25, 0.3) is 0 Å². The molecule has 0 unspecified atom stereocenters. The molecule has 0 aliphatic heterocycles. The Morgan fingerprint density at radius 2 is 1.53 bits per heavy atom. The third-order valence-electron chi connectivity index (χ3n) is 1.81. The fourth-order valence-electron chi connectivity index (χ4n) is 1.05. The summed E-state index contributed by atoms with van der Waals surface area (Å²) in [5.41, 5.74) is 0. The predicted octanol–water partition coefficient (Wildman–Crippen LogP) is 1.37. The average Bonchev–Trinajstić information content (AvgIpc) is 2.26. The molecule has 0 saturated carbocycles. The number of carbonyl (C=O) groups excluding carboxylic acids is 1. The first-order valence-electron chi connectivity index (χ1n) is 6.67. The first-order valence-corrected chi connectivity index (χ1v) is 6.67. The predicted molar refractivity (Wildman–Crippen MR) is 75.2 cm³/mol. The molecule has 0 aromatic rings. The Morgan fingerprint density at radius 1 is 0.941 bits per heavy atom. The molecule has 0 aliphatic rings. The second kappa shape index (κ2) is 17.8. The van der Waals surface area contributed by atoms with Gasteiger partial charge in [-0.2, -0.15) is 0 Å². The Hall–Kier alpha value is -0.610. The molecule has 17 heavy (non-hydrogen) atoms. The molecular formula is C13H31N3O. The third kappa shape index (κ3) is 31.3. The molecule has 0 rings (SSSR count).